The minimum atomic E-state index is -3.48. The van der Waals surface area contributed by atoms with Crippen molar-refractivity contribution in [1.29, 1.82) is 0 Å². The SMILES string of the molecule is CCc1ccc(S(=O)(=O)NCC#CCOc2cccc(Br)c2)s1. The van der Waals surface area contributed by atoms with Gasteiger partial charge in [0.05, 0.1) is 6.54 Å². The summed E-state index contributed by atoms with van der Waals surface area (Å²) in [4.78, 5) is 1.04. The molecule has 0 saturated heterocycles. The van der Waals surface area contributed by atoms with Crippen LogP contribution in [-0.2, 0) is 16.4 Å². The molecule has 1 aromatic carbocycles. The lowest BCUT2D eigenvalue weighted by Gasteiger charge is -2.02. The van der Waals surface area contributed by atoms with Crippen LogP contribution in [0, 0.1) is 11.8 Å². The Hall–Kier alpha value is -1.33. The topological polar surface area (TPSA) is 55.4 Å². The third kappa shape index (κ3) is 5.66. The monoisotopic (exact) mass is 413 g/mol. The van der Waals surface area contributed by atoms with E-state index in [2.05, 4.69) is 32.5 Å². The van der Waals surface area contributed by atoms with Crippen molar-refractivity contribution in [3.8, 4) is 17.6 Å². The van der Waals surface area contributed by atoms with E-state index in [0.29, 0.717) is 9.96 Å². The second-order valence-electron chi connectivity index (χ2n) is 4.50. The molecule has 0 radical (unpaired) electrons. The minimum absolute atomic E-state index is 0.0591. The Labute approximate surface area is 149 Å². The van der Waals surface area contributed by atoms with Crippen LogP contribution in [0.15, 0.2) is 45.1 Å². The largest absolute Gasteiger partial charge is 0.481 e. The smallest absolute Gasteiger partial charge is 0.250 e. The average Bonchev–Trinajstić information content (AvgIpc) is 3.01. The van der Waals surface area contributed by atoms with Gasteiger partial charge in [0.25, 0.3) is 10.0 Å². The van der Waals surface area contributed by atoms with Gasteiger partial charge in [-0.3, -0.25) is 0 Å². The van der Waals surface area contributed by atoms with Gasteiger partial charge in [-0.15, -0.1) is 11.3 Å². The highest BCUT2D eigenvalue weighted by Gasteiger charge is 2.15. The number of thiophene rings is 1. The Morgan fingerprint density at radius 1 is 1.26 bits per heavy atom. The first-order valence-electron chi connectivity index (χ1n) is 6.93. The number of rotatable bonds is 6. The molecule has 2 aromatic rings. The average molecular weight is 414 g/mol. The van der Waals surface area contributed by atoms with Gasteiger partial charge in [0.1, 0.15) is 16.6 Å². The zero-order chi connectivity index (χ0) is 16.7. The maximum Gasteiger partial charge on any atom is 0.250 e. The molecule has 0 unspecified atom stereocenters. The number of nitrogens with one attached hydrogen (secondary N) is 1. The molecule has 1 heterocycles. The Balaban J connectivity index is 1.80. The van der Waals surface area contributed by atoms with Crippen LogP contribution < -0.4 is 9.46 Å². The molecule has 4 nitrogen and oxygen atoms in total. The van der Waals surface area contributed by atoms with Gasteiger partial charge in [0.2, 0.25) is 0 Å². The lowest BCUT2D eigenvalue weighted by molar-refractivity contribution is 0.370. The van der Waals surface area contributed by atoms with Gasteiger partial charge < -0.3 is 4.74 Å². The number of aryl methyl sites for hydroxylation is 1. The number of halogens is 1. The molecule has 1 N–H and O–H groups in total. The molecular formula is C16H16BrNO3S2. The number of ether oxygens (including phenoxy) is 1. The van der Waals surface area contributed by atoms with Gasteiger partial charge in [-0.1, -0.05) is 40.8 Å². The molecule has 2 rings (SSSR count). The van der Waals surface area contributed by atoms with E-state index in [1.165, 1.54) is 11.3 Å². The van der Waals surface area contributed by atoms with Crippen molar-refractivity contribution in [2.75, 3.05) is 13.2 Å². The molecule has 0 saturated carbocycles. The summed E-state index contributed by atoms with van der Waals surface area (Å²) >= 11 is 4.63. The van der Waals surface area contributed by atoms with E-state index in [-0.39, 0.29) is 13.2 Å². The molecular weight excluding hydrogens is 398 g/mol. The number of sulfonamides is 1. The minimum Gasteiger partial charge on any atom is -0.481 e. The van der Waals surface area contributed by atoms with Crippen molar-refractivity contribution in [3.63, 3.8) is 0 Å². The van der Waals surface area contributed by atoms with Crippen molar-refractivity contribution in [3.05, 3.63) is 45.7 Å². The lowest BCUT2D eigenvalue weighted by Crippen LogP contribution is -2.23. The standard InChI is InChI=1S/C16H16BrNO3S2/c1-2-15-8-9-16(22-15)23(19,20)18-10-3-4-11-21-14-7-5-6-13(17)12-14/h5-9,12,18H,2,10-11H2,1H3. The zero-order valence-corrected chi connectivity index (χ0v) is 15.7. The zero-order valence-electron chi connectivity index (χ0n) is 12.5. The number of hydrogen-bond acceptors (Lipinski definition) is 4. The van der Waals surface area contributed by atoms with Crippen LogP contribution in [0.3, 0.4) is 0 Å². The van der Waals surface area contributed by atoms with E-state index in [4.69, 9.17) is 4.74 Å². The molecule has 7 heteroatoms. The highest BCUT2D eigenvalue weighted by atomic mass is 79.9. The summed E-state index contributed by atoms with van der Waals surface area (Å²) in [5.41, 5.74) is 0. The molecule has 23 heavy (non-hydrogen) atoms. The molecule has 0 aliphatic rings. The Morgan fingerprint density at radius 2 is 2.09 bits per heavy atom. The van der Waals surface area contributed by atoms with E-state index in [9.17, 15) is 8.42 Å². The molecule has 0 atom stereocenters. The molecule has 0 fully saturated rings. The first-order chi connectivity index (χ1) is 11.0. The summed E-state index contributed by atoms with van der Waals surface area (Å²) in [5.74, 6) is 6.24. The van der Waals surface area contributed by atoms with Gasteiger partial charge in [-0.05, 0) is 36.8 Å². The van der Waals surface area contributed by atoms with Crippen LogP contribution >= 0.6 is 27.3 Å². The summed E-state index contributed by atoms with van der Waals surface area (Å²) in [6.07, 6.45) is 0.826. The number of hydrogen-bond donors (Lipinski definition) is 1. The second-order valence-corrected chi connectivity index (χ2v) is 8.58. The molecule has 0 spiro atoms. The van der Waals surface area contributed by atoms with E-state index in [1.807, 2.05) is 37.3 Å². The summed E-state index contributed by atoms with van der Waals surface area (Å²) in [5, 5.41) is 0. The fraction of sp³-hybridized carbons (Fsp3) is 0.250. The molecule has 1 aromatic heterocycles. The Bertz CT molecular complexity index is 819. The molecule has 122 valence electrons. The van der Waals surface area contributed by atoms with Crippen LogP contribution in [0.1, 0.15) is 11.8 Å². The third-order valence-corrected chi connectivity index (χ3v) is 6.45. The van der Waals surface area contributed by atoms with Crippen LogP contribution in [0.4, 0.5) is 0 Å². The van der Waals surface area contributed by atoms with Crippen molar-refractivity contribution < 1.29 is 13.2 Å². The summed E-state index contributed by atoms with van der Waals surface area (Å²) < 4.78 is 33.3. The highest BCUT2D eigenvalue weighted by Crippen LogP contribution is 2.21. The fourth-order valence-corrected chi connectivity index (χ4v) is 4.33. The first-order valence-corrected chi connectivity index (χ1v) is 10.0. The Kier molecular flexibility index (Phi) is 6.66. The van der Waals surface area contributed by atoms with Gasteiger partial charge in [0.15, 0.2) is 0 Å². The van der Waals surface area contributed by atoms with Crippen molar-refractivity contribution >= 4 is 37.3 Å². The third-order valence-electron chi connectivity index (χ3n) is 2.83. The maximum atomic E-state index is 12.0. The van der Waals surface area contributed by atoms with Gasteiger partial charge >= 0.3 is 0 Å². The fourth-order valence-electron chi connectivity index (χ4n) is 1.68. The normalized spacial score (nSPS) is 10.9. The predicted molar refractivity (Wildman–Crippen MR) is 96.3 cm³/mol. The second kappa shape index (κ2) is 8.50. The maximum absolute atomic E-state index is 12.0. The van der Waals surface area contributed by atoms with Crippen LogP contribution in [0.5, 0.6) is 5.75 Å². The van der Waals surface area contributed by atoms with Crippen LogP contribution in [-0.4, -0.2) is 21.6 Å². The molecule has 0 aliphatic heterocycles. The van der Waals surface area contributed by atoms with Crippen molar-refractivity contribution in [1.82, 2.24) is 4.72 Å². The van der Waals surface area contributed by atoms with Gasteiger partial charge in [0, 0.05) is 9.35 Å². The summed E-state index contributed by atoms with van der Waals surface area (Å²) in [7, 11) is -3.48. The summed E-state index contributed by atoms with van der Waals surface area (Å²) in [6.45, 7) is 2.26. The summed E-state index contributed by atoms with van der Waals surface area (Å²) in [6, 6.07) is 10.9. The van der Waals surface area contributed by atoms with E-state index in [0.717, 1.165) is 15.8 Å². The quantitative estimate of drug-likeness (QED) is 0.737. The highest BCUT2D eigenvalue weighted by molar-refractivity contribution is 9.10. The Morgan fingerprint density at radius 3 is 2.78 bits per heavy atom. The molecule has 0 amide bonds. The lowest BCUT2D eigenvalue weighted by atomic mass is 10.3. The molecule has 0 aliphatic carbocycles. The first kappa shape index (κ1) is 18.0. The predicted octanol–water partition coefficient (Wildman–Crippen LogP) is 3.43. The van der Waals surface area contributed by atoms with E-state index in [1.54, 1.807) is 6.07 Å². The van der Waals surface area contributed by atoms with Crippen molar-refractivity contribution in [2.24, 2.45) is 0 Å². The van der Waals surface area contributed by atoms with E-state index >= 15 is 0 Å². The van der Waals surface area contributed by atoms with Crippen molar-refractivity contribution in [2.45, 2.75) is 17.6 Å². The van der Waals surface area contributed by atoms with Crippen LogP contribution in [0.25, 0.3) is 0 Å². The van der Waals surface area contributed by atoms with Crippen LogP contribution in [0.2, 0.25) is 0 Å². The van der Waals surface area contributed by atoms with Gasteiger partial charge in [-0.2, -0.15) is 4.72 Å². The molecule has 0 bridgehead atoms. The number of benzene rings is 1. The van der Waals surface area contributed by atoms with E-state index < -0.39 is 10.0 Å². The van der Waals surface area contributed by atoms with Gasteiger partial charge in [-0.25, -0.2) is 8.42 Å².